The van der Waals surface area contributed by atoms with Crippen LogP contribution in [0.15, 0.2) is 18.2 Å². The van der Waals surface area contributed by atoms with E-state index in [4.69, 9.17) is 0 Å². The minimum Gasteiger partial charge on any atom is -0.465 e. The van der Waals surface area contributed by atoms with Crippen molar-refractivity contribution in [1.82, 2.24) is 0 Å². The Kier molecular flexibility index (Phi) is 2.48. The van der Waals surface area contributed by atoms with Crippen molar-refractivity contribution < 1.29 is 9.53 Å². The molecule has 2 aliphatic rings. The molecule has 2 atom stereocenters. The SMILES string of the molecule is COC(=O)c1ccc(N2CC3CC3C2)c(C#N)c1. The molecule has 3 rings (SSSR count). The molecular formula is C14H14N2O2. The number of anilines is 1. The van der Waals surface area contributed by atoms with E-state index in [1.54, 1.807) is 12.1 Å². The molecule has 0 N–H and O–H groups in total. The molecule has 18 heavy (non-hydrogen) atoms. The first-order valence-electron chi connectivity index (χ1n) is 6.10. The fourth-order valence-electron chi connectivity index (χ4n) is 2.74. The molecule has 0 spiro atoms. The first kappa shape index (κ1) is 11.1. The van der Waals surface area contributed by atoms with Crippen LogP contribution in [0.2, 0.25) is 0 Å². The second-order valence-corrected chi connectivity index (χ2v) is 5.00. The van der Waals surface area contributed by atoms with Gasteiger partial charge in [0.2, 0.25) is 0 Å². The van der Waals surface area contributed by atoms with E-state index < -0.39 is 5.97 Å². The number of methoxy groups -OCH3 is 1. The molecule has 2 fully saturated rings. The number of ether oxygens (including phenoxy) is 1. The van der Waals surface area contributed by atoms with Crippen molar-refractivity contribution in [2.24, 2.45) is 11.8 Å². The molecule has 0 aromatic heterocycles. The Balaban J connectivity index is 1.90. The van der Waals surface area contributed by atoms with Gasteiger partial charge in [0.15, 0.2) is 0 Å². The molecule has 1 aromatic rings. The number of hydrogen-bond donors (Lipinski definition) is 0. The monoisotopic (exact) mass is 242 g/mol. The maximum absolute atomic E-state index is 11.4. The molecule has 0 amide bonds. The largest absolute Gasteiger partial charge is 0.465 e. The maximum Gasteiger partial charge on any atom is 0.337 e. The third kappa shape index (κ3) is 1.72. The first-order valence-corrected chi connectivity index (χ1v) is 6.10. The molecule has 2 unspecified atom stereocenters. The summed E-state index contributed by atoms with van der Waals surface area (Å²) in [5.41, 5.74) is 1.93. The Morgan fingerprint density at radius 2 is 2.17 bits per heavy atom. The lowest BCUT2D eigenvalue weighted by atomic mass is 10.1. The lowest BCUT2D eigenvalue weighted by Crippen LogP contribution is -2.22. The zero-order chi connectivity index (χ0) is 12.7. The summed E-state index contributed by atoms with van der Waals surface area (Å²) in [6, 6.07) is 7.37. The second kappa shape index (κ2) is 4.02. The summed E-state index contributed by atoms with van der Waals surface area (Å²) in [7, 11) is 1.34. The summed E-state index contributed by atoms with van der Waals surface area (Å²) in [5, 5.41) is 9.21. The van der Waals surface area contributed by atoms with Gasteiger partial charge in [0, 0.05) is 13.1 Å². The van der Waals surface area contributed by atoms with Crippen LogP contribution < -0.4 is 4.90 Å². The van der Waals surface area contributed by atoms with Crippen LogP contribution in [-0.4, -0.2) is 26.2 Å². The number of rotatable bonds is 2. The summed E-state index contributed by atoms with van der Waals surface area (Å²) < 4.78 is 4.66. The van der Waals surface area contributed by atoms with Crippen LogP contribution in [0.1, 0.15) is 22.3 Å². The molecule has 1 aliphatic carbocycles. The Morgan fingerprint density at radius 1 is 1.44 bits per heavy atom. The normalized spacial score (nSPS) is 24.3. The van der Waals surface area contributed by atoms with Gasteiger partial charge in [0.1, 0.15) is 6.07 Å². The highest BCUT2D eigenvalue weighted by Gasteiger charge is 2.45. The Bertz CT molecular complexity index is 537. The van der Waals surface area contributed by atoms with Crippen molar-refractivity contribution >= 4 is 11.7 Å². The summed E-state index contributed by atoms with van der Waals surface area (Å²) in [5.74, 6) is 1.23. The van der Waals surface area contributed by atoms with Crippen LogP contribution in [0, 0.1) is 23.2 Å². The molecule has 4 heteroatoms. The Hall–Kier alpha value is -2.02. The molecule has 92 valence electrons. The predicted molar refractivity (Wildman–Crippen MR) is 66.3 cm³/mol. The van der Waals surface area contributed by atoms with Gasteiger partial charge in [0.05, 0.1) is 23.9 Å². The van der Waals surface area contributed by atoms with E-state index >= 15 is 0 Å². The summed E-state index contributed by atoms with van der Waals surface area (Å²) in [4.78, 5) is 13.7. The fourth-order valence-corrected chi connectivity index (χ4v) is 2.74. The molecule has 0 radical (unpaired) electrons. The quantitative estimate of drug-likeness (QED) is 0.742. The van der Waals surface area contributed by atoms with Crippen molar-refractivity contribution in [3.05, 3.63) is 29.3 Å². The smallest absolute Gasteiger partial charge is 0.337 e. The number of carbonyl (C=O) groups is 1. The molecule has 4 nitrogen and oxygen atoms in total. The third-order valence-corrected chi connectivity index (χ3v) is 3.86. The van der Waals surface area contributed by atoms with Crippen LogP contribution in [-0.2, 0) is 4.74 Å². The van der Waals surface area contributed by atoms with Crippen LogP contribution >= 0.6 is 0 Å². The highest BCUT2D eigenvalue weighted by molar-refractivity contribution is 5.90. The highest BCUT2D eigenvalue weighted by Crippen LogP contribution is 2.46. The Morgan fingerprint density at radius 3 is 2.78 bits per heavy atom. The lowest BCUT2D eigenvalue weighted by molar-refractivity contribution is 0.0600. The van der Waals surface area contributed by atoms with Crippen molar-refractivity contribution in [2.45, 2.75) is 6.42 Å². The zero-order valence-electron chi connectivity index (χ0n) is 10.2. The number of hydrogen-bond acceptors (Lipinski definition) is 4. The number of benzene rings is 1. The van der Waals surface area contributed by atoms with Gasteiger partial charge in [-0.2, -0.15) is 5.26 Å². The van der Waals surface area contributed by atoms with Crippen molar-refractivity contribution in [3.63, 3.8) is 0 Å². The molecule has 1 saturated carbocycles. The molecule has 1 aliphatic heterocycles. The van der Waals surface area contributed by atoms with E-state index in [1.165, 1.54) is 13.5 Å². The number of esters is 1. The molecule has 1 heterocycles. The summed E-state index contributed by atoms with van der Waals surface area (Å²) >= 11 is 0. The van der Waals surface area contributed by atoms with Crippen LogP contribution in [0.25, 0.3) is 0 Å². The van der Waals surface area contributed by atoms with Gasteiger partial charge >= 0.3 is 5.97 Å². The van der Waals surface area contributed by atoms with Crippen molar-refractivity contribution in [2.75, 3.05) is 25.1 Å². The van der Waals surface area contributed by atoms with E-state index in [-0.39, 0.29) is 0 Å². The molecule has 0 bridgehead atoms. The maximum atomic E-state index is 11.4. The topological polar surface area (TPSA) is 53.3 Å². The average Bonchev–Trinajstić information content (AvgIpc) is 3.03. The van der Waals surface area contributed by atoms with E-state index in [0.717, 1.165) is 30.6 Å². The van der Waals surface area contributed by atoms with E-state index in [1.807, 2.05) is 6.07 Å². The van der Waals surface area contributed by atoms with Gasteiger partial charge in [-0.25, -0.2) is 4.79 Å². The van der Waals surface area contributed by atoms with Crippen LogP contribution in [0.4, 0.5) is 5.69 Å². The highest BCUT2D eigenvalue weighted by atomic mass is 16.5. The number of nitriles is 1. The van der Waals surface area contributed by atoms with E-state index in [9.17, 15) is 10.1 Å². The standard InChI is InChI=1S/C14H14N2O2/c1-18-14(17)9-2-3-13(10(4-9)6-15)16-7-11-5-12(11)8-16/h2-4,11-12H,5,7-8H2,1H3. The number of piperidine rings is 1. The summed E-state index contributed by atoms with van der Waals surface area (Å²) in [6.07, 6.45) is 1.33. The number of fused-ring (bicyclic) bond motifs is 1. The van der Waals surface area contributed by atoms with Gasteiger partial charge in [-0.05, 0) is 36.5 Å². The zero-order valence-corrected chi connectivity index (χ0v) is 10.2. The molecule has 1 aromatic carbocycles. The average molecular weight is 242 g/mol. The summed E-state index contributed by atoms with van der Waals surface area (Å²) in [6.45, 7) is 2.08. The van der Waals surface area contributed by atoms with Crippen molar-refractivity contribution in [1.29, 1.82) is 5.26 Å². The minimum absolute atomic E-state index is 0.401. The molecule has 1 saturated heterocycles. The lowest BCUT2D eigenvalue weighted by Gasteiger charge is -2.21. The van der Waals surface area contributed by atoms with Gasteiger partial charge in [0.25, 0.3) is 0 Å². The van der Waals surface area contributed by atoms with E-state index in [2.05, 4.69) is 15.7 Å². The third-order valence-electron chi connectivity index (χ3n) is 3.86. The predicted octanol–water partition coefficient (Wildman–Crippen LogP) is 1.80. The van der Waals surface area contributed by atoms with Crippen LogP contribution in [0.5, 0.6) is 0 Å². The van der Waals surface area contributed by atoms with Gasteiger partial charge in [-0.3, -0.25) is 0 Å². The number of carbonyl (C=O) groups excluding carboxylic acids is 1. The molecular weight excluding hydrogens is 228 g/mol. The van der Waals surface area contributed by atoms with Gasteiger partial charge < -0.3 is 9.64 Å². The Labute approximate surface area is 106 Å². The van der Waals surface area contributed by atoms with Gasteiger partial charge in [-0.15, -0.1) is 0 Å². The number of nitrogens with zero attached hydrogens (tertiary/aromatic N) is 2. The van der Waals surface area contributed by atoms with E-state index in [0.29, 0.717) is 11.1 Å². The van der Waals surface area contributed by atoms with Crippen LogP contribution in [0.3, 0.4) is 0 Å². The first-order chi connectivity index (χ1) is 8.72. The second-order valence-electron chi connectivity index (χ2n) is 5.00. The minimum atomic E-state index is -0.401. The van der Waals surface area contributed by atoms with Gasteiger partial charge in [-0.1, -0.05) is 0 Å². The van der Waals surface area contributed by atoms with Crippen molar-refractivity contribution in [3.8, 4) is 6.07 Å². The fraction of sp³-hybridized carbons (Fsp3) is 0.429.